The fourth-order valence-corrected chi connectivity index (χ4v) is 8.17. The van der Waals surface area contributed by atoms with Gasteiger partial charge in [-0.05, 0) is 79.6 Å². The molecular formula is C30H29F4N7O2S. The van der Waals surface area contributed by atoms with E-state index in [0.29, 0.717) is 36.3 Å². The summed E-state index contributed by atoms with van der Waals surface area (Å²) in [6.07, 6.45) is 2.43. The normalized spacial score (nSPS) is 21.3. The summed E-state index contributed by atoms with van der Waals surface area (Å²) in [6.45, 7) is 2.16. The van der Waals surface area contributed by atoms with Crippen molar-refractivity contribution in [3.63, 3.8) is 0 Å². The van der Waals surface area contributed by atoms with E-state index < -0.39 is 44.5 Å². The lowest BCUT2D eigenvalue weighted by Gasteiger charge is -2.47. The Hall–Kier alpha value is -4.17. The third-order valence-electron chi connectivity index (χ3n) is 8.46. The fraction of sp³-hybridized carbons (Fsp3) is 0.333. The van der Waals surface area contributed by atoms with E-state index in [4.69, 9.17) is 0 Å². The zero-order valence-corrected chi connectivity index (χ0v) is 24.8. The van der Waals surface area contributed by atoms with E-state index in [-0.39, 0.29) is 23.6 Å². The van der Waals surface area contributed by atoms with E-state index >= 15 is 0 Å². The number of aromatic nitrogens is 6. The quantitative estimate of drug-likeness (QED) is 0.164. The van der Waals surface area contributed by atoms with Gasteiger partial charge in [0.2, 0.25) is 0 Å². The van der Waals surface area contributed by atoms with E-state index in [2.05, 4.69) is 26.2 Å². The molecule has 1 aromatic carbocycles. The minimum Gasteiger partial charge on any atom is -0.291 e. The highest BCUT2D eigenvalue weighted by Gasteiger charge is 2.51. The van der Waals surface area contributed by atoms with Gasteiger partial charge in [-0.3, -0.25) is 9.78 Å². The molecule has 9 nitrogen and oxygen atoms in total. The predicted octanol–water partition coefficient (Wildman–Crippen LogP) is 4.93. The van der Waals surface area contributed by atoms with E-state index in [1.165, 1.54) is 23.1 Å². The minimum absolute atomic E-state index is 0.143. The number of aryl methyl sites for hydroxylation is 1. The van der Waals surface area contributed by atoms with Gasteiger partial charge >= 0.3 is 6.18 Å². The molecule has 1 saturated carbocycles. The van der Waals surface area contributed by atoms with Crippen LogP contribution in [0.25, 0.3) is 11.8 Å². The van der Waals surface area contributed by atoms with Crippen LogP contribution in [-0.4, -0.2) is 62.5 Å². The summed E-state index contributed by atoms with van der Waals surface area (Å²) >= 11 is 0. The van der Waals surface area contributed by atoms with Gasteiger partial charge in [0, 0.05) is 25.8 Å². The van der Waals surface area contributed by atoms with Gasteiger partial charge in [0.25, 0.3) is 0 Å². The molecule has 0 bridgehead atoms. The second kappa shape index (κ2) is 10.8. The van der Waals surface area contributed by atoms with E-state index in [0.717, 1.165) is 23.9 Å². The number of halogens is 4. The Balaban J connectivity index is 1.45. The molecule has 44 heavy (non-hydrogen) atoms. The molecule has 2 aliphatic rings. The maximum Gasteiger partial charge on any atom is 0.416 e. The number of fused-ring (bicyclic) bond motifs is 2. The number of Topliss-reactive ketones (excluding diaryl/α,β-unsaturated/α-hetero) is 1. The first kappa shape index (κ1) is 29.9. The van der Waals surface area contributed by atoms with Crippen LogP contribution in [0.2, 0.25) is 0 Å². The summed E-state index contributed by atoms with van der Waals surface area (Å²) in [4.78, 5) is 19.8. The average molecular weight is 628 g/mol. The van der Waals surface area contributed by atoms with Crippen molar-refractivity contribution in [3.8, 4) is 5.69 Å². The number of hydrogen-bond donors (Lipinski definition) is 0. The molecule has 0 radical (unpaired) electrons. The average Bonchev–Trinajstić information content (AvgIpc) is 3.62. The maximum atomic E-state index is 14.5. The first-order valence-corrected chi connectivity index (χ1v) is 15.6. The molecule has 0 N–H and O–H groups in total. The number of benzene rings is 1. The van der Waals surface area contributed by atoms with Crippen LogP contribution in [0.15, 0.2) is 65.6 Å². The number of rotatable bonds is 7. The van der Waals surface area contributed by atoms with E-state index in [9.17, 15) is 26.6 Å². The summed E-state index contributed by atoms with van der Waals surface area (Å²) in [5.74, 6) is 3.06. The van der Waals surface area contributed by atoms with E-state index in [1.54, 1.807) is 34.4 Å². The zero-order chi connectivity index (χ0) is 31.4. The van der Waals surface area contributed by atoms with Gasteiger partial charge in [-0.25, -0.2) is 17.6 Å². The van der Waals surface area contributed by atoms with Gasteiger partial charge in [0.1, 0.15) is 11.5 Å². The highest BCUT2D eigenvalue weighted by Crippen LogP contribution is 2.51. The number of carbonyl (C=O) groups excluding carboxylic acids is 1. The van der Waals surface area contributed by atoms with Gasteiger partial charge < -0.3 is 0 Å². The van der Waals surface area contributed by atoms with E-state index in [1.807, 2.05) is 13.0 Å². The second-order valence-corrected chi connectivity index (χ2v) is 13.2. The Kier molecular flexibility index (Phi) is 7.31. The van der Waals surface area contributed by atoms with Crippen molar-refractivity contribution < 1.29 is 26.6 Å². The lowest BCUT2D eigenvalue weighted by molar-refractivity contribution is -0.137. The number of carbonyl (C=O) groups is 1. The van der Waals surface area contributed by atoms with Crippen molar-refractivity contribution in [2.24, 2.45) is 12.5 Å². The second-order valence-electron chi connectivity index (χ2n) is 11.1. The molecule has 14 heteroatoms. The van der Waals surface area contributed by atoms with Crippen LogP contribution in [-0.2, 0) is 29.4 Å². The Morgan fingerprint density at radius 3 is 2.59 bits per heavy atom. The van der Waals surface area contributed by atoms with Gasteiger partial charge in [-0.15, -0.1) is 5.10 Å². The molecule has 0 aliphatic heterocycles. The molecular weight excluding hydrogens is 598 g/mol. The van der Waals surface area contributed by atoms with Crippen molar-refractivity contribution in [1.29, 1.82) is 0 Å². The Morgan fingerprint density at radius 2 is 1.93 bits per heavy atom. The largest absolute Gasteiger partial charge is 0.416 e. The summed E-state index contributed by atoms with van der Waals surface area (Å²) in [6, 6.07) is 7.03. The van der Waals surface area contributed by atoms with Crippen LogP contribution < -0.4 is 0 Å². The molecule has 6 rings (SSSR count). The van der Waals surface area contributed by atoms with Gasteiger partial charge in [-0.1, -0.05) is 12.5 Å². The molecule has 3 heterocycles. The summed E-state index contributed by atoms with van der Waals surface area (Å²) in [7, 11) is -1.50. The number of nitrogens with zero attached hydrogens (tertiary/aromatic N) is 7. The first-order chi connectivity index (χ1) is 20.8. The van der Waals surface area contributed by atoms with Crippen molar-refractivity contribution >= 4 is 27.4 Å². The lowest BCUT2D eigenvalue weighted by atomic mass is 9.60. The molecule has 230 valence electrons. The molecule has 3 aromatic heterocycles. The third kappa shape index (κ3) is 5.05. The molecule has 1 fully saturated rings. The monoisotopic (exact) mass is 627 g/mol. The lowest BCUT2D eigenvalue weighted by Crippen LogP contribution is -2.50. The van der Waals surface area contributed by atoms with Crippen molar-refractivity contribution in [1.82, 2.24) is 34.1 Å². The topological polar surface area (TPSA) is 98.8 Å². The Bertz CT molecular complexity index is 1880. The number of alkyl halides is 3. The zero-order valence-electron chi connectivity index (χ0n) is 24.0. The Labute approximate surface area is 251 Å². The number of ketones is 1. The summed E-state index contributed by atoms with van der Waals surface area (Å²) in [5, 5.41) is 13.0. The van der Waals surface area contributed by atoms with Gasteiger partial charge in [0.15, 0.2) is 10.8 Å². The third-order valence-corrected chi connectivity index (χ3v) is 10.6. The first-order valence-electron chi connectivity index (χ1n) is 14.0. The van der Waals surface area contributed by atoms with Crippen molar-refractivity contribution in [2.75, 3.05) is 6.54 Å². The van der Waals surface area contributed by atoms with Gasteiger partial charge in [0.05, 0.1) is 44.5 Å². The number of pyridine rings is 1. The minimum atomic E-state index is -4.66. The molecule has 0 saturated heterocycles. The Morgan fingerprint density at radius 1 is 1.18 bits per heavy atom. The molecule has 1 unspecified atom stereocenters. The van der Waals surface area contributed by atoms with Crippen molar-refractivity contribution in [3.05, 3.63) is 88.9 Å². The van der Waals surface area contributed by atoms with Crippen LogP contribution in [0, 0.1) is 11.2 Å². The van der Waals surface area contributed by atoms with Crippen LogP contribution in [0.4, 0.5) is 17.6 Å². The smallest absolute Gasteiger partial charge is 0.291 e. The summed E-state index contributed by atoms with van der Waals surface area (Å²) in [5.41, 5.74) is 0.201. The predicted molar refractivity (Wildman–Crippen MR) is 156 cm³/mol. The van der Waals surface area contributed by atoms with Gasteiger partial charge in [-0.2, -0.15) is 28.2 Å². The van der Waals surface area contributed by atoms with Crippen LogP contribution >= 0.6 is 0 Å². The fourth-order valence-electron chi connectivity index (χ4n) is 6.39. The highest BCUT2D eigenvalue weighted by molar-refractivity contribution is 7.98. The molecule has 0 spiro atoms. The SMILES string of the molecule is C=S(=O)(c1cnn(C)n1)N(CC)[C@H]1CCC2=Cc3c(cnn3-c3ccc(F)cc3)C[C@]2(C(=O)c2cc(C(F)(F)F)ccn2)C1. The molecule has 3 atom stereocenters. The number of allylic oxidation sites excluding steroid dienone is 1. The molecule has 4 aromatic rings. The van der Waals surface area contributed by atoms with Crippen molar-refractivity contribution in [2.45, 2.75) is 49.9 Å². The molecule has 0 amide bonds. The highest BCUT2D eigenvalue weighted by atomic mass is 32.2. The maximum absolute atomic E-state index is 14.5. The summed E-state index contributed by atoms with van der Waals surface area (Å²) < 4.78 is 72.1. The number of hydrogen-bond acceptors (Lipinski definition) is 6. The standard InChI is InChI=1S/C30H29F4N7O2S/c1-4-40(44(3,43)27-18-36-39(2)38-27)24-8-5-20-14-26-19(17-37-41(26)23-9-6-22(31)7-10-23)15-29(20,16-24)28(42)25-13-21(11-12-35-25)30(32,33)34/h6-7,9-14,17-18,24H,3-5,8,15-16H2,1-2H3/t24-,29-,44?/m0/s1. The molecule has 2 aliphatic carbocycles. The van der Waals surface area contributed by atoms with Crippen LogP contribution in [0.1, 0.15) is 53.5 Å². The van der Waals surface area contributed by atoms with Crippen LogP contribution in [0.5, 0.6) is 0 Å². The van der Waals surface area contributed by atoms with Crippen LogP contribution in [0.3, 0.4) is 0 Å².